The van der Waals surface area contributed by atoms with E-state index in [1.165, 1.54) is 0 Å². The molecule has 148 valence electrons. The lowest BCUT2D eigenvalue weighted by Crippen LogP contribution is -2.49. The topological polar surface area (TPSA) is 74.8 Å². The third-order valence-electron chi connectivity index (χ3n) is 4.88. The maximum atomic E-state index is 12.8. The van der Waals surface area contributed by atoms with E-state index in [4.69, 9.17) is 4.74 Å². The lowest BCUT2D eigenvalue weighted by atomic mass is 10.1. The number of rotatable bonds is 6. The summed E-state index contributed by atoms with van der Waals surface area (Å²) in [4.78, 5) is 33.0. The van der Waals surface area contributed by atoms with Crippen LogP contribution < -0.4 is 15.0 Å². The molecule has 0 spiro atoms. The number of amides is 2. The summed E-state index contributed by atoms with van der Waals surface area (Å²) in [5, 5.41) is 2.96. The van der Waals surface area contributed by atoms with Gasteiger partial charge in [-0.3, -0.25) is 9.59 Å². The van der Waals surface area contributed by atoms with Crippen LogP contribution in [0.1, 0.15) is 29.3 Å². The Hall–Kier alpha value is -3.09. The fourth-order valence-corrected chi connectivity index (χ4v) is 3.24. The Kier molecular flexibility index (Phi) is 6.47. The normalized spacial score (nSPS) is 13.9. The zero-order valence-electron chi connectivity index (χ0n) is 16.4. The summed E-state index contributed by atoms with van der Waals surface area (Å²) in [5.41, 5.74) is 1.54. The van der Waals surface area contributed by atoms with Crippen molar-refractivity contribution in [3.8, 4) is 5.75 Å². The molecule has 7 nitrogen and oxygen atoms in total. The van der Waals surface area contributed by atoms with Crippen molar-refractivity contribution in [3.63, 3.8) is 0 Å². The van der Waals surface area contributed by atoms with Crippen LogP contribution in [-0.4, -0.2) is 55.0 Å². The largest absolute Gasteiger partial charge is 0.497 e. The Balaban J connectivity index is 1.64. The number of benzene rings is 1. The molecule has 3 rings (SSSR count). The van der Waals surface area contributed by atoms with Crippen molar-refractivity contribution in [2.75, 3.05) is 38.2 Å². The maximum Gasteiger partial charge on any atom is 0.255 e. The molecule has 1 aliphatic heterocycles. The molecule has 0 aliphatic carbocycles. The number of hydrogen-bond donors (Lipinski definition) is 1. The molecule has 2 amide bonds. The van der Waals surface area contributed by atoms with Gasteiger partial charge >= 0.3 is 0 Å². The fraction of sp³-hybridized carbons (Fsp3) is 0.381. The number of ether oxygens (including phenoxy) is 1. The first-order valence-corrected chi connectivity index (χ1v) is 9.51. The Bertz CT molecular complexity index is 815. The fourth-order valence-electron chi connectivity index (χ4n) is 3.24. The van der Waals surface area contributed by atoms with Crippen LogP contribution in [0.15, 0.2) is 42.6 Å². The zero-order chi connectivity index (χ0) is 19.9. The predicted octanol–water partition coefficient (Wildman–Crippen LogP) is 2.08. The second-order valence-electron chi connectivity index (χ2n) is 6.63. The minimum absolute atomic E-state index is 0.161. The second kappa shape index (κ2) is 9.21. The van der Waals surface area contributed by atoms with Crippen LogP contribution in [-0.2, 0) is 11.3 Å². The Morgan fingerprint density at radius 1 is 1.11 bits per heavy atom. The second-order valence-corrected chi connectivity index (χ2v) is 6.63. The molecule has 1 N–H and O–H groups in total. The highest BCUT2D eigenvalue weighted by molar-refractivity contribution is 5.98. The monoisotopic (exact) mass is 382 g/mol. The quantitative estimate of drug-likeness (QED) is 0.828. The molecule has 0 radical (unpaired) electrons. The molecular weight excluding hydrogens is 356 g/mol. The predicted molar refractivity (Wildman–Crippen MR) is 107 cm³/mol. The van der Waals surface area contributed by atoms with Crippen LogP contribution in [0.2, 0.25) is 0 Å². The molecule has 0 atom stereocenters. The van der Waals surface area contributed by atoms with E-state index in [1.807, 2.05) is 36.1 Å². The number of anilines is 1. The van der Waals surface area contributed by atoms with Crippen LogP contribution >= 0.6 is 0 Å². The first-order chi connectivity index (χ1) is 13.6. The van der Waals surface area contributed by atoms with Crippen LogP contribution in [0.3, 0.4) is 0 Å². The van der Waals surface area contributed by atoms with E-state index in [-0.39, 0.29) is 11.8 Å². The highest BCUT2D eigenvalue weighted by Crippen LogP contribution is 2.19. The number of aromatic nitrogens is 1. The molecule has 1 saturated heterocycles. The molecule has 0 saturated carbocycles. The van der Waals surface area contributed by atoms with Gasteiger partial charge in [0.15, 0.2) is 0 Å². The lowest BCUT2D eigenvalue weighted by molar-refractivity contribution is -0.131. The summed E-state index contributed by atoms with van der Waals surface area (Å²) < 4.78 is 5.15. The molecule has 2 heterocycles. The molecular formula is C21H26N4O3. The zero-order valence-corrected chi connectivity index (χ0v) is 16.4. The molecule has 1 aromatic carbocycles. The number of carbonyl (C=O) groups is 2. The number of hydrogen-bond acceptors (Lipinski definition) is 5. The third-order valence-corrected chi connectivity index (χ3v) is 4.88. The Morgan fingerprint density at radius 2 is 1.82 bits per heavy atom. The van der Waals surface area contributed by atoms with Crippen molar-refractivity contribution in [1.29, 1.82) is 0 Å². The van der Waals surface area contributed by atoms with Gasteiger partial charge in [-0.1, -0.05) is 19.1 Å². The smallest absolute Gasteiger partial charge is 0.255 e. The van der Waals surface area contributed by atoms with Crippen molar-refractivity contribution < 1.29 is 14.3 Å². The molecule has 7 heteroatoms. The Labute approximate surface area is 165 Å². The minimum Gasteiger partial charge on any atom is -0.497 e. The summed E-state index contributed by atoms with van der Waals surface area (Å²) in [6.07, 6.45) is 2.21. The summed E-state index contributed by atoms with van der Waals surface area (Å²) in [6.45, 7) is 4.93. The van der Waals surface area contributed by atoms with Crippen molar-refractivity contribution in [2.24, 2.45) is 0 Å². The Morgan fingerprint density at radius 3 is 2.46 bits per heavy atom. The van der Waals surface area contributed by atoms with Gasteiger partial charge in [0.1, 0.15) is 11.6 Å². The van der Waals surface area contributed by atoms with Gasteiger partial charge in [0, 0.05) is 45.3 Å². The number of nitrogens with zero attached hydrogens (tertiary/aromatic N) is 3. The van der Waals surface area contributed by atoms with Crippen molar-refractivity contribution in [3.05, 3.63) is 53.7 Å². The lowest BCUT2D eigenvalue weighted by Gasteiger charge is -2.36. The van der Waals surface area contributed by atoms with Gasteiger partial charge < -0.3 is 19.9 Å². The average Bonchev–Trinajstić information content (AvgIpc) is 2.77. The molecule has 0 bridgehead atoms. The van der Waals surface area contributed by atoms with E-state index in [0.717, 1.165) is 11.3 Å². The van der Waals surface area contributed by atoms with E-state index in [2.05, 4.69) is 15.2 Å². The number of pyridine rings is 1. The molecule has 0 unspecified atom stereocenters. The van der Waals surface area contributed by atoms with Crippen LogP contribution in [0, 0.1) is 0 Å². The number of carbonyl (C=O) groups excluding carboxylic acids is 2. The average molecular weight is 382 g/mol. The van der Waals surface area contributed by atoms with E-state index in [1.54, 1.807) is 25.4 Å². The van der Waals surface area contributed by atoms with E-state index in [0.29, 0.717) is 50.5 Å². The highest BCUT2D eigenvalue weighted by atomic mass is 16.5. The van der Waals surface area contributed by atoms with Gasteiger partial charge in [-0.15, -0.1) is 0 Å². The molecule has 28 heavy (non-hydrogen) atoms. The van der Waals surface area contributed by atoms with E-state index < -0.39 is 0 Å². The molecule has 1 aromatic heterocycles. The molecule has 1 aliphatic rings. The van der Waals surface area contributed by atoms with Crippen LogP contribution in [0.5, 0.6) is 5.75 Å². The van der Waals surface area contributed by atoms with Gasteiger partial charge in [-0.25, -0.2) is 4.98 Å². The molecule has 1 fully saturated rings. The van der Waals surface area contributed by atoms with E-state index in [9.17, 15) is 9.59 Å². The summed E-state index contributed by atoms with van der Waals surface area (Å²) >= 11 is 0. The third kappa shape index (κ3) is 4.60. The van der Waals surface area contributed by atoms with Gasteiger partial charge in [-0.2, -0.15) is 0 Å². The number of nitrogens with one attached hydrogen (secondary N) is 1. The van der Waals surface area contributed by atoms with Crippen molar-refractivity contribution in [2.45, 2.75) is 19.9 Å². The highest BCUT2D eigenvalue weighted by Gasteiger charge is 2.24. The first kappa shape index (κ1) is 19.7. The summed E-state index contributed by atoms with van der Waals surface area (Å²) in [5.74, 6) is 1.45. The number of piperazine rings is 1. The first-order valence-electron chi connectivity index (χ1n) is 9.51. The van der Waals surface area contributed by atoms with Gasteiger partial charge in [-0.05, 0) is 29.8 Å². The minimum atomic E-state index is -0.161. The van der Waals surface area contributed by atoms with E-state index >= 15 is 0 Å². The maximum absolute atomic E-state index is 12.8. The number of methoxy groups -OCH3 is 1. The standard InChI is InChI=1S/C21H26N4O3/c1-3-19(26)24-11-13-25(14-12-24)20-18(5-4-10-22-20)21(27)23-15-16-6-8-17(28-2)9-7-16/h4-10H,3,11-15H2,1-2H3,(H,23,27). The van der Waals surface area contributed by atoms with Gasteiger partial charge in [0.25, 0.3) is 5.91 Å². The summed E-state index contributed by atoms with van der Waals surface area (Å²) in [6, 6.07) is 11.1. The molecule has 2 aromatic rings. The van der Waals surface area contributed by atoms with Crippen LogP contribution in [0.4, 0.5) is 5.82 Å². The van der Waals surface area contributed by atoms with Crippen molar-refractivity contribution in [1.82, 2.24) is 15.2 Å². The van der Waals surface area contributed by atoms with Crippen molar-refractivity contribution >= 4 is 17.6 Å². The SMILES string of the molecule is CCC(=O)N1CCN(c2ncccc2C(=O)NCc2ccc(OC)cc2)CC1. The van der Waals surface area contributed by atoms with Crippen LogP contribution in [0.25, 0.3) is 0 Å². The van der Waals surface area contributed by atoms with Gasteiger partial charge in [0.2, 0.25) is 5.91 Å². The summed E-state index contributed by atoms with van der Waals surface area (Å²) in [7, 11) is 1.62. The van der Waals surface area contributed by atoms with Gasteiger partial charge in [0.05, 0.1) is 12.7 Å².